The number of hydrogen-bond acceptors (Lipinski definition) is 3. The van der Waals surface area contributed by atoms with Gasteiger partial charge in [0, 0.05) is 26.1 Å². The largest absolute Gasteiger partial charge is 0.384 e. The Morgan fingerprint density at radius 1 is 1.59 bits per heavy atom. The Morgan fingerprint density at radius 2 is 2.41 bits per heavy atom. The lowest BCUT2D eigenvalue weighted by Crippen LogP contribution is -2.22. The van der Waals surface area contributed by atoms with Gasteiger partial charge in [-0.3, -0.25) is 0 Å². The second-order valence-electron chi connectivity index (χ2n) is 4.30. The maximum atomic E-state index is 9.11. The van der Waals surface area contributed by atoms with Gasteiger partial charge in [-0.1, -0.05) is 17.7 Å². The minimum atomic E-state index is 0.530. The van der Waals surface area contributed by atoms with E-state index >= 15 is 0 Å². The van der Waals surface area contributed by atoms with Gasteiger partial charge in [-0.15, -0.1) is 0 Å². The molecular formula is C13H15ClN2O. The number of nitrogens with zero attached hydrogens (tertiary/aromatic N) is 2. The first-order chi connectivity index (χ1) is 8.26. The molecule has 1 aliphatic heterocycles. The molecule has 0 aliphatic carbocycles. The molecule has 0 amide bonds. The average Bonchev–Trinajstić information content (AvgIpc) is 2.77. The van der Waals surface area contributed by atoms with Crippen LogP contribution in [0.3, 0.4) is 0 Å². The van der Waals surface area contributed by atoms with Gasteiger partial charge in [-0.05, 0) is 18.6 Å². The van der Waals surface area contributed by atoms with Gasteiger partial charge in [0.25, 0.3) is 0 Å². The summed E-state index contributed by atoms with van der Waals surface area (Å²) >= 11 is 6.19. The summed E-state index contributed by atoms with van der Waals surface area (Å²) in [4.78, 5) is 2.19. The van der Waals surface area contributed by atoms with Crippen LogP contribution in [0.4, 0.5) is 5.69 Å². The Kier molecular flexibility index (Phi) is 3.88. The van der Waals surface area contributed by atoms with E-state index in [1.54, 1.807) is 7.11 Å². The van der Waals surface area contributed by atoms with E-state index in [0.717, 1.165) is 31.8 Å². The van der Waals surface area contributed by atoms with Crippen LogP contribution in [0.5, 0.6) is 0 Å². The van der Waals surface area contributed by atoms with Gasteiger partial charge >= 0.3 is 0 Å². The van der Waals surface area contributed by atoms with Crippen molar-refractivity contribution in [2.45, 2.75) is 6.42 Å². The predicted molar refractivity (Wildman–Crippen MR) is 68.4 cm³/mol. The molecule has 1 saturated heterocycles. The van der Waals surface area contributed by atoms with Crippen molar-refractivity contribution in [3.8, 4) is 6.07 Å². The number of nitriles is 1. The van der Waals surface area contributed by atoms with Gasteiger partial charge in [0.05, 0.1) is 22.9 Å². The minimum absolute atomic E-state index is 0.530. The number of halogens is 1. The molecule has 90 valence electrons. The van der Waals surface area contributed by atoms with E-state index in [0.29, 0.717) is 16.5 Å². The maximum absolute atomic E-state index is 9.11. The maximum Gasteiger partial charge on any atom is 0.101 e. The standard InChI is InChI=1S/C13H15ClN2O/c1-17-9-10-5-6-16(8-10)13-11(7-15)3-2-4-12(13)14/h2-4,10H,5-6,8-9H2,1H3. The molecule has 1 aromatic rings. The van der Waals surface area contributed by atoms with Crippen molar-refractivity contribution in [3.05, 3.63) is 28.8 Å². The van der Waals surface area contributed by atoms with Crippen molar-refractivity contribution < 1.29 is 4.74 Å². The van der Waals surface area contributed by atoms with Crippen LogP contribution in [0, 0.1) is 17.2 Å². The third kappa shape index (κ3) is 2.54. The van der Waals surface area contributed by atoms with Crippen LogP contribution in [0.2, 0.25) is 5.02 Å². The first-order valence-corrected chi connectivity index (χ1v) is 6.06. The number of ether oxygens (including phenoxy) is 1. The fraction of sp³-hybridized carbons (Fsp3) is 0.462. The first kappa shape index (κ1) is 12.2. The average molecular weight is 251 g/mol. The number of anilines is 1. The molecular weight excluding hydrogens is 236 g/mol. The monoisotopic (exact) mass is 250 g/mol. The summed E-state index contributed by atoms with van der Waals surface area (Å²) in [6, 6.07) is 7.66. The van der Waals surface area contributed by atoms with Crippen LogP contribution in [0.1, 0.15) is 12.0 Å². The number of methoxy groups -OCH3 is 1. The van der Waals surface area contributed by atoms with E-state index in [1.165, 1.54) is 0 Å². The Balaban J connectivity index is 2.22. The van der Waals surface area contributed by atoms with Gasteiger partial charge in [0.15, 0.2) is 0 Å². The number of benzene rings is 1. The lowest BCUT2D eigenvalue weighted by atomic mass is 10.1. The zero-order valence-corrected chi connectivity index (χ0v) is 10.6. The van der Waals surface area contributed by atoms with E-state index in [4.69, 9.17) is 21.6 Å². The molecule has 1 unspecified atom stereocenters. The van der Waals surface area contributed by atoms with E-state index in [9.17, 15) is 0 Å². The fourth-order valence-corrected chi connectivity index (χ4v) is 2.63. The molecule has 0 radical (unpaired) electrons. The third-order valence-electron chi connectivity index (χ3n) is 3.11. The zero-order valence-electron chi connectivity index (χ0n) is 9.82. The summed E-state index contributed by atoms with van der Waals surface area (Å²) < 4.78 is 5.17. The zero-order chi connectivity index (χ0) is 12.3. The van der Waals surface area contributed by atoms with Crippen molar-refractivity contribution in [3.63, 3.8) is 0 Å². The summed E-state index contributed by atoms with van der Waals surface area (Å²) in [6.07, 6.45) is 1.09. The molecule has 1 atom stereocenters. The van der Waals surface area contributed by atoms with E-state index in [1.807, 2.05) is 18.2 Å². The third-order valence-corrected chi connectivity index (χ3v) is 3.42. The quantitative estimate of drug-likeness (QED) is 0.828. The molecule has 1 aromatic carbocycles. The normalized spacial score (nSPS) is 19.4. The van der Waals surface area contributed by atoms with E-state index in [-0.39, 0.29) is 0 Å². The highest BCUT2D eigenvalue weighted by Crippen LogP contribution is 2.33. The molecule has 2 rings (SSSR count). The second kappa shape index (κ2) is 5.39. The molecule has 1 aliphatic rings. The summed E-state index contributed by atoms with van der Waals surface area (Å²) in [5, 5.41) is 9.77. The molecule has 17 heavy (non-hydrogen) atoms. The Hall–Kier alpha value is -1.24. The van der Waals surface area contributed by atoms with Crippen molar-refractivity contribution in [1.82, 2.24) is 0 Å². The first-order valence-electron chi connectivity index (χ1n) is 5.68. The number of rotatable bonds is 3. The lowest BCUT2D eigenvalue weighted by Gasteiger charge is -2.21. The van der Waals surface area contributed by atoms with Crippen molar-refractivity contribution in [2.24, 2.45) is 5.92 Å². The highest BCUT2D eigenvalue weighted by Gasteiger charge is 2.25. The molecule has 3 nitrogen and oxygen atoms in total. The van der Waals surface area contributed by atoms with Gasteiger partial charge < -0.3 is 9.64 Å². The highest BCUT2D eigenvalue weighted by molar-refractivity contribution is 6.33. The van der Waals surface area contributed by atoms with Crippen LogP contribution in [-0.4, -0.2) is 26.8 Å². The van der Waals surface area contributed by atoms with Gasteiger partial charge in [-0.2, -0.15) is 5.26 Å². The van der Waals surface area contributed by atoms with Crippen molar-refractivity contribution >= 4 is 17.3 Å². The number of hydrogen-bond donors (Lipinski definition) is 0. The van der Waals surface area contributed by atoms with E-state index < -0.39 is 0 Å². The highest BCUT2D eigenvalue weighted by atomic mass is 35.5. The molecule has 0 bridgehead atoms. The molecule has 4 heteroatoms. The summed E-state index contributed by atoms with van der Waals surface area (Å²) in [7, 11) is 1.72. The lowest BCUT2D eigenvalue weighted by molar-refractivity contribution is 0.161. The van der Waals surface area contributed by atoms with Gasteiger partial charge in [-0.25, -0.2) is 0 Å². The second-order valence-corrected chi connectivity index (χ2v) is 4.71. The Bertz CT molecular complexity index is 442. The molecule has 1 heterocycles. The van der Waals surface area contributed by atoms with Crippen LogP contribution in [-0.2, 0) is 4.74 Å². The molecule has 0 aromatic heterocycles. The Labute approximate surface area is 107 Å². The predicted octanol–water partition coefficient (Wildman–Crippen LogP) is 2.68. The van der Waals surface area contributed by atoms with Crippen molar-refractivity contribution in [1.29, 1.82) is 5.26 Å². The van der Waals surface area contributed by atoms with Crippen LogP contribution >= 0.6 is 11.6 Å². The van der Waals surface area contributed by atoms with Crippen LogP contribution in [0.25, 0.3) is 0 Å². The smallest absolute Gasteiger partial charge is 0.101 e. The SMILES string of the molecule is COCC1CCN(c2c(Cl)cccc2C#N)C1. The van der Waals surface area contributed by atoms with Crippen molar-refractivity contribution in [2.75, 3.05) is 31.7 Å². The van der Waals surface area contributed by atoms with Gasteiger partial charge in [0.1, 0.15) is 6.07 Å². The molecule has 0 N–H and O–H groups in total. The fourth-order valence-electron chi connectivity index (χ4n) is 2.33. The topological polar surface area (TPSA) is 36.3 Å². The summed E-state index contributed by atoms with van der Waals surface area (Å²) in [5.74, 6) is 0.530. The van der Waals surface area contributed by atoms with E-state index in [2.05, 4.69) is 11.0 Å². The molecule has 1 fully saturated rings. The summed E-state index contributed by atoms with van der Waals surface area (Å²) in [6.45, 7) is 2.61. The summed E-state index contributed by atoms with van der Waals surface area (Å²) in [5.41, 5.74) is 1.52. The minimum Gasteiger partial charge on any atom is -0.384 e. The number of para-hydroxylation sites is 1. The van der Waals surface area contributed by atoms with Gasteiger partial charge in [0.2, 0.25) is 0 Å². The molecule has 0 spiro atoms. The Morgan fingerprint density at radius 3 is 3.12 bits per heavy atom. The van der Waals surface area contributed by atoms with Crippen LogP contribution in [0.15, 0.2) is 18.2 Å². The van der Waals surface area contributed by atoms with Crippen LogP contribution < -0.4 is 4.90 Å². The molecule has 0 saturated carbocycles.